The summed E-state index contributed by atoms with van der Waals surface area (Å²) in [6.07, 6.45) is 0.853. The Morgan fingerprint density at radius 1 is 1.53 bits per heavy atom. The Morgan fingerprint density at radius 2 is 2.26 bits per heavy atom. The molecule has 6 nitrogen and oxygen atoms in total. The first-order valence-electron chi connectivity index (χ1n) is 5.86. The summed E-state index contributed by atoms with van der Waals surface area (Å²) in [5.74, 6) is 6.31. The SMILES string of the molecule is CC(=O)NC1CCN(c2nc(NN)c(Cl)cc2Cl)C1. The van der Waals surface area contributed by atoms with E-state index in [0.29, 0.717) is 28.2 Å². The number of hydrogen-bond acceptors (Lipinski definition) is 5. The second kappa shape index (κ2) is 5.81. The molecule has 1 atom stereocenters. The second-order valence-electron chi connectivity index (χ2n) is 4.40. The van der Waals surface area contributed by atoms with Crippen molar-refractivity contribution in [2.75, 3.05) is 23.4 Å². The van der Waals surface area contributed by atoms with Crippen molar-refractivity contribution < 1.29 is 4.79 Å². The Kier molecular flexibility index (Phi) is 4.34. The maximum atomic E-state index is 11.0. The van der Waals surface area contributed by atoms with Crippen LogP contribution in [0.5, 0.6) is 0 Å². The number of carbonyl (C=O) groups excluding carboxylic acids is 1. The average molecular weight is 304 g/mol. The van der Waals surface area contributed by atoms with Gasteiger partial charge in [0.1, 0.15) is 5.82 Å². The molecule has 1 aliphatic rings. The summed E-state index contributed by atoms with van der Waals surface area (Å²) in [7, 11) is 0. The Balaban J connectivity index is 2.17. The van der Waals surface area contributed by atoms with E-state index in [-0.39, 0.29) is 11.9 Å². The summed E-state index contributed by atoms with van der Waals surface area (Å²) in [5.41, 5.74) is 2.43. The summed E-state index contributed by atoms with van der Waals surface area (Å²) in [6.45, 7) is 2.94. The molecule has 1 saturated heterocycles. The third kappa shape index (κ3) is 3.20. The second-order valence-corrected chi connectivity index (χ2v) is 5.22. The molecule has 8 heteroatoms. The van der Waals surface area contributed by atoms with Crippen molar-refractivity contribution >= 4 is 40.7 Å². The summed E-state index contributed by atoms with van der Waals surface area (Å²) in [6, 6.07) is 1.71. The molecule has 1 aliphatic heterocycles. The molecule has 1 aromatic heterocycles. The van der Waals surface area contributed by atoms with Crippen LogP contribution in [0.3, 0.4) is 0 Å². The molecule has 0 aromatic carbocycles. The number of halogens is 2. The Morgan fingerprint density at radius 3 is 2.89 bits per heavy atom. The number of amides is 1. The highest BCUT2D eigenvalue weighted by molar-refractivity contribution is 6.37. The highest BCUT2D eigenvalue weighted by atomic mass is 35.5. The maximum absolute atomic E-state index is 11.0. The number of aromatic nitrogens is 1. The van der Waals surface area contributed by atoms with Gasteiger partial charge in [0.15, 0.2) is 5.82 Å². The molecule has 2 heterocycles. The van der Waals surface area contributed by atoms with Crippen LogP contribution < -0.4 is 21.5 Å². The predicted molar refractivity (Wildman–Crippen MR) is 76.5 cm³/mol. The molecule has 104 valence electrons. The molecule has 1 amide bonds. The highest BCUT2D eigenvalue weighted by Crippen LogP contribution is 2.32. The van der Waals surface area contributed by atoms with Crippen molar-refractivity contribution in [3.05, 3.63) is 16.1 Å². The molecule has 1 aromatic rings. The number of rotatable bonds is 3. The van der Waals surface area contributed by atoms with Gasteiger partial charge in [-0.05, 0) is 12.5 Å². The van der Waals surface area contributed by atoms with Crippen molar-refractivity contribution in [3.63, 3.8) is 0 Å². The fourth-order valence-corrected chi connectivity index (χ4v) is 2.67. The van der Waals surface area contributed by atoms with E-state index >= 15 is 0 Å². The maximum Gasteiger partial charge on any atom is 0.217 e. The van der Waals surface area contributed by atoms with E-state index in [0.717, 1.165) is 13.0 Å². The lowest BCUT2D eigenvalue weighted by atomic mass is 10.2. The number of hydrogen-bond donors (Lipinski definition) is 3. The van der Waals surface area contributed by atoms with E-state index < -0.39 is 0 Å². The molecule has 2 rings (SSSR count). The van der Waals surface area contributed by atoms with E-state index in [2.05, 4.69) is 15.7 Å². The number of nitrogens with one attached hydrogen (secondary N) is 2. The highest BCUT2D eigenvalue weighted by Gasteiger charge is 2.26. The Bertz CT molecular complexity index is 496. The van der Waals surface area contributed by atoms with Crippen LogP contribution in [0.4, 0.5) is 11.6 Å². The molecule has 1 unspecified atom stereocenters. The van der Waals surface area contributed by atoms with E-state index in [9.17, 15) is 4.79 Å². The molecule has 0 aliphatic carbocycles. The van der Waals surface area contributed by atoms with E-state index in [1.165, 1.54) is 6.92 Å². The first-order valence-corrected chi connectivity index (χ1v) is 6.61. The van der Waals surface area contributed by atoms with Crippen LogP contribution in [-0.4, -0.2) is 30.0 Å². The number of hydrazine groups is 1. The van der Waals surface area contributed by atoms with Crippen LogP contribution in [0.2, 0.25) is 10.0 Å². The largest absolute Gasteiger partial charge is 0.353 e. The molecular formula is C11H15Cl2N5O. The average Bonchev–Trinajstić information content (AvgIpc) is 2.76. The number of carbonyl (C=O) groups is 1. The van der Waals surface area contributed by atoms with Gasteiger partial charge < -0.3 is 15.6 Å². The van der Waals surface area contributed by atoms with Gasteiger partial charge in [0.25, 0.3) is 0 Å². The molecule has 0 radical (unpaired) electrons. The molecule has 0 bridgehead atoms. The quantitative estimate of drug-likeness (QED) is 0.580. The van der Waals surface area contributed by atoms with Crippen LogP contribution in [0.15, 0.2) is 6.07 Å². The molecule has 4 N–H and O–H groups in total. The summed E-state index contributed by atoms with van der Waals surface area (Å²) in [5, 5.41) is 3.72. The molecule has 1 fully saturated rings. The molecular weight excluding hydrogens is 289 g/mol. The fraction of sp³-hybridized carbons (Fsp3) is 0.455. The zero-order valence-electron chi connectivity index (χ0n) is 10.4. The van der Waals surface area contributed by atoms with Crippen LogP contribution in [0, 0.1) is 0 Å². The number of anilines is 2. The number of nitrogen functional groups attached to an aromatic ring is 1. The zero-order valence-corrected chi connectivity index (χ0v) is 11.9. The normalized spacial score (nSPS) is 18.5. The van der Waals surface area contributed by atoms with Crippen LogP contribution in [0.1, 0.15) is 13.3 Å². The van der Waals surface area contributed by atoms with Crippen molar-refractivity contribution in [1.29, 1.82) is 0 Å². The summed E-state index contributed by atoms with van der Waals surface area (Å²) in [4.78, 5) is 17.3. The predicted octanol–water partition coefficient (Wildman–Crippen LogP) is 1.39. The van der Waals surface area contributed by atoms with E-state index in [1.807, 2.05) is 4.90 Å². The van der Waals surface area contributed by atoms with Gasteiger partial charge in [-0.1, -0.05) is 23.2 Å². The van der Waals surface area contributed by atoms with Crippen LogP contribution >= 0.6 is 23.2 Å². The number of pyridine rings is 1. The van der Waals surface area contributed by atoms with Gasteiger partial charge in [-0.2, -0.15) is 0 Å². The van der Waals surface area contributed by atoms with Gasteiger partial charge in [0, 0.05) is 26.1 Å². The van der Waals surface area contributed by atoms with Crippen LogP contribution in [0.25, 0.3) is 0 Å². The van der Waals surface area contributed by atoms with Gasteiger partial charge in [0.2, 0.25) is 5.91 Å². The van der Waals surface area contributed by atoms with Crippen molar-refractivity contribution in [2.45, 2.75) is 19.4 Å². The lowest BCUT2D eigenvalue weighted by Crippen LogP contribution is -2.35. The molecule has 19 heavy (non-hydrogen) atoms. The minimum absolute atomic E-state index is 0.0358. The molecule has 0 spiro atoms. The standard InChI is InChI=1S/C11H15Cl2N5O/c1-6(19)15-7-2-3-18(5-7)11-9(13)4-8(12)10(16-11)17-14/h4,7H,2-3,5,14H2,1H3,(H,15,19)(H,16,17). The lowest BCUT2D eigenvalue weighted by molar-refractivity contribution is -0.119. The lowest BCUT2D eigenvalue weighted by Gasteiger charge is -2.20. The summed E-state index contributed by atoms with van der Waals surface area (Å²) >= 11 is 12.1. The van der Waals surface area contributed by atoms with Gasteiger partial charge >= 0.3 is 0 Å². The smallest absolute Gasteiger partial charge is 0.217 e. The van der Waals surface area contributed by atoms with Gasteiger partial charge in [-0.3, -0.25) is 4.79 Å². The summed E-state index contributed by atoms with van der Waals surface area (Å²) < 4.78 is 0. The number of nitrogens with two attached hydrogens (primary N) is 1. The van der Waals surface area contributed by atoms with Crippen molar-refractivity contribution in [1.82, 2.24) is 10.3 Å². The van der Waals surface area contributed by atoms with E-state index in [4.69, 9.17) is 29.0 Å². The van der Waals surface area contributed by atoms with Gasteiger partial charge in [-0.25, -0.2) is 10.8 Å². The third-order valence-corrected chi connectivity index (χ3v) is 3.51. The Hall–Kier alpha value is -1.24. The van der Waals surface area contributed by atoms with Crippen molar-refractivity contribution in [3.8, 4) is 0 Å². The number of nitrogens with zero attached hydrogens (tertiary/aromatic N) is 2. The Labute approximate surface area is 121 Å². The van der Waals surface area contributed by atoms with Gasteiger partial charge in [0.05, 0.1) is 10.0 Å². The topological polar surface area (TPSA) is 83.3 Å². The third-order valence-electron chi connectivity index (χ3n) is 2.94. The first kappa shape index (κ1) is 14.2. The van der Waals surface area contributed by atoms with Crippen LogP contribution in [-0.2, 0) is 4.79 Å². The first-order chi connectivity index (χ1) is 9.01. The monoisotopic (exact) mass is 303 g/mol. The van der Waals surface area contributed by atoms with E-state index in [1.54, 1.807) is 6.07 Å². The van der Waals surface area contributed by atoms with Gasteiger partial charge in [-0.15, -0.1) is 0 Å². The zero-order chi connectivity index (χ0) is 14.0. The fourth-order valence-electron chi connectivity index (χ4n) is 2.14. The molecule has 0 saturated carbocycles. The minimum Gasteiger partial charge on any atom is -0.353 e. The minimum atomic E-state index is -0.0358. The van der Waals surface area contributed by atoms with Crippen molar-refractivity contribution in [2.24, 2.45) is 5.84 Å².